The molecule has 0 saturated carbocycles. The number of aliphatic hydroxyl groups excluding tert-OH is 1. The third-order valence-electron chi connectivity index (χ3n) is 19.0. The molecule has 4 aliphatic heterocycles. The van der Waals surface area contributed by atoms with E-state index in [0.29, 0.717) is 43.4 Å². The number of carboxylic acid groups (broad SMARTS) is 1. The van der Waals surface area contributed by atoms with Crippen LogP contribution < -0.4 is 87.2 Å². The molecule has 4 aliphatic rings. The largest absolute Gasteiger partial charge is 0.480 e. The molecule has 3 fully saturated rings. The topological polar surface area (TPSA) is 591 Å². The van der Waals surface area contributed by atoms with Crippen LogP contribution in [0, 0.1) is 5.92 Å². The number of guanidine groups is 2. The number of amides is 13. The SMILES string of the molecule is CCCC[C@H](NC(=O)[C@@H]1CCCN1C(=O)CNC(=O)[C@H](CCCCN)NC(=O)[C@@H]1Cc2cncn2C/C=C/C[C@H](NC(=O)[C@H](CCCN=C(N)N)NC(=O)[C@@H]2CCC(=O)N2)C(=O)N[C@@H](CCCN=C(N)N)C(=O)N[C@@H](CC(C)C)C(=O)N[C@@H](CO)C(=O)N1)C(=O)N1CCC[C@H]1C(=O)N[C@@H](Cc1ccccc1)C(=O)O. The van der Waals surface area contributed by atoms with Gasteiger partial charge in [-0.05, 0) is 114 Å². The van der Waals surface area contributed by atoms with Crippen LogP contribution in [0.25, 0.3) is 0 Å². The Morgan fingerprint density at radius 1 is 0.642 bits per heavy atom. The zero-order valence-corrected chi connectivity index (χ0v) is 62.2. The fourth-order valence-corrected chi connectivity index (χ4v) is 13.2. The molecule has 5 heterocycles. The van der Waals surface area contributed by atoms with Gasteiger partial charge in [-0.25, -0.2) is 9.78 Å². The second-order valence-electron chi connectivity index (χ2n) is 28.0. The van der Waals surface area contributed by atoms with E-state index in [0.717, 1.165) is 0 Å². The minimum atomic E-state index is -1.78. The Kier molecular flexibility index (Phi) is 35.6. The molecule has 1 aromatic carbocycles. The highest BCUT2D eigenvalue weighted by Crippen LogP contribution is 2.23. The van der Waals surface area contributed by atoms with Crippen LogP contribution in [0.4, 0.5) is 0 Å². The van der Waals surface area contributed by atoms with Crippen molar-refractivity contribution in [2.75, 3.05) is 45.9 Å². The Balaban J connectivity index is 1.23. The Morgan fingerprint density at radius 2 is 1.23 bits per heavy atom. The summed E-state index contributed by atoms with van der Waals surface area (Å²) in [6.07, 6.45) is 8.85. The number of carbonyl (C=O) groups excluding carboxylic acids is 13. The molecular weight excluding hydrogens is 1420 g/mol. The molecule has 0 aliphatic carbocycles. The van der Waals surface area contributed by atoms with Crippen LogP contribution in [0.15, 0.2) is 65.0 Å². The smallest absolute Gasteiger partial charge is 0.326 e. The monoisotopic (exact) mass is 1530 g/mol. The van der Waals surface area contributed by atoms with Crippen LogP contribution in [0.5, 0.6) is 0 Å². The van der Waals surface area contributed by atoms with Gasteiger partial charge in [-0.2, -0.15) is 0 Å². The third-order valence-corrected chi connectivity index (χ3v) is 19.0. The van der Waals surface area contributed by atoms with Gasteiger partial charge in [0, 0.05) is 63.9 Å². The Hall–Kier alpha value is -10.8. The number of benzene rings is 1. The van der Waals surface area contributed by atoms with Gasteiger partial charge < -0.3 is 112 Å². The van der Waals surface area contributed by atoms with Gasteiger partial charge in [-0.15, -0.1) is 0 Å². The molecule has 3 saturated heterocycles. The fraction of sp³-hybridized carbons (Fsp3) is 0.620. The van der Waals surface area contributed by atoms with E-state index in [1.54, 1.807) is 54.8 Å². The highest BCUT2D eigenvalue weighted by atomic mass is 16.4. The molecule has 38 heteroatoms. The summed E-state index contributed by atoms with van der Waals surface area (Å²) in [6, 6.07) is -7.10. The zero-order chi connectivity index (χ0) is 79.7. The summed E-state index contributed by atoms with van der Waals surface area (Å²) in [4.78, 5) is 211. The van der Waals surface area contributed by atoms with Gasteiger partial charge in [0.15, 0.2) is 11.9 Å². The maximum Gasteiger partial charge on any atom is 0.326 e. The molecular formula is C71H110N22O16. The first-order valence-electron chi connectivity index (χ1n) is 37.3. The molecule has 12 atom stereocenters. The highest BCUT2D eigenvalue weighted by Gasteiger charge is 2.43. The van der Waals surface area contributed by atoms with E-state index in [2.05, 4.69) is 73.5 Å². The van der Waals surface area contributed by atoms with E-state index >= 15 is 0 Å². The van der Waals surface area contributed by atoms with Crippen LogP contribution >= 0.6 is 0 Å². The zero-order valence-electron chi connectivity index (χ0n) is 62.2. The number of nitrogens with zero attached hydrogens (tertiary/aromatic N) is 6. The lowest BCUT2D eigenvalue weighted by Crippen LogP contribution is -2.61. The normalized spacial score (nSPS) is 22.1. The molecule has 0 unspecified atom stereocenters. The average molecular weight is 1530 g/mol. The van der Waals surface area contributed by atoms with E-state index in [1.165, 1.54) is 28.4 Å². The molecule has 6 rings (SSSR count). The van der Waals surface area contributed by atoms with Crippen LogP contribution in [0.2, 0.25) is 0 Å². The molecule has 600 valence electrons. The van der Waals surface area contributed by atoms with Crippen LogP contribution in [-0.2, 0) is 86.5 Å². The summed E-state index contributed by atoms with van der Waals surface area (Å²) >= 11 is 0. The van der Waals surface area contributed by atoms with Gasteiger partial charge in [0.2, 0.25) is 76.8 Å². The molecule has 2 aromatic rings. The number of aliphatic hydroxyl groups is 1. The summed E-state index contributed by atoms with van der Waals surface area (Å²) in [7, 11) is 0. The number of carboxylic acids is 1. The van der Waals surface area contributed by atoms with Gasteiger partial charge in [0.05, 0.1) is 19.5 Å². The first-order valence-corrected chi connectivity index (χ1v) is 37.3. The first-order chi connectivity index (χ1) is 52.1. The van der Waals surface area contributed by atoms with Gasteiger partial charge in [-0.3, -0.25) is 72.3 Å². The standard InChI is InChI=1S/C71H110N22O16/c1-4-5-19-49(68(107)93-33-16-25-55(93)67(106)89-52(69(108)109)35-42-17-7-6-8-18-42)86-66(105)54-24-15-32-92(54)57(96)38-80-58(97)44(20-9-11-28-72)82-64(103)51-36-43-37-77-40-91(43)31-12-10-21-45(83-60(99)46(22-13-29-78-70(73)74)85-62(101)48-26-27-56(95)81-48)59(98)84-47(23-14-30-79-71(75)76)61(100)87-50(34-41(2)3)63(102)90-53(39-94)65(104)88-51/h6-8,10,12,17-18,37,40-41,44-55,94H,4-5,9,11,13-16,19-36,38-39,72H2,1-3H3,(H,80,97)(H,81,95)(H,82,103)(H,83,99)(H,84,98)(H,85,101)(H,86,105)(H,87,100)(H,88,104)(H,89,106)(H,90,102)(H,108,109)(H4,73,74,78)(H4,75,76,79)/b12-10+/t44-,45-,46-,47-,48-,49-,50-,51-,52-,53-,54-,55-/m0/s1. The van der Waals surface area contributed by atoms with Crippen molar-refractivity contribution in [1.29, 1.82) is 0 Å². The van der Waals surface area contributed by atoms with Gasteiger partial charge in [0.1, 0.15) is 72.5 Å². The maximum atomic E-state index is 14.9. The van der Waals surface area contributed by atoms with Crippen molar-refractivity contribution < 1.29 is 77.3 Å². The minimum absolute atomic E-state index is 0.00292. The van der Waals surface area contributed by atoms with Crippen molar-refractivity contribution >= 4 is 94.7 Å². The lowest BCUT2D eigenvalue weighted by Gasteiger charge is -2.31. The maximum absolute atomic E-state index is 14.9. The summed E-state index contributed by atoms with van der Waals surface area (Å²) in [5.41, 5.74) is 29.1. The predicted molar refractivity (Wildman–Crippen MR) is 397 cm³/mol. The second kappa shape index (κ2) is 44.5. The Bertz CT molecular complexity index is 3570. The van der Waals surface area contributed by atoms with E-state index in [9.17, 15) is 77.3 Å². The van der Waals surface area contributed by atoms with Gasteiger partial charge in [-0.1, -0.05) is 76.1 Å². The summed E-state index contributed by atoms with van der Waals surface area (Å²) in [5.74, 6) is -12.0. The number of imidazole rings is 1. The van der Waals surface area contributed by atoms with Crippen LogP contribution in [0.1, 0.15) is 148 Å². The Labute approximate surface area is 632 Å². The number of rotatable bonds is 35. The van der Waals surface area contributed by atoms with Crippen molar-refractivity contribution in [2.45, 2.75) is 228 Å². The van der Waals surface area contributed by atoms with Crippen molar-refractivity contribution in [3.63, 3.8) is 0 Å². The van der Waals surface area contributed by atoms with E-state index < -0.39 is 163 Å². The number of aliphatic carboxylic acids is 1. The highest BCUT2D eigenvalue weighted by molar-refractivity contribution is 6.00. The number of allylic oxidation sites excluding steroid dienone is 1. The van der Waals surface area contributed by atoms with Crippen LogP contribution in [0.3, 0.4) is 0 Å². The number of likely N-dealkylation sites (tertiary alicyclic amines) is 2. The number of unbranched alkanes of at least 4 members (excludes halogenated alkanes) is 2. The summed E-state index contributed by atoms with van der Waals surface area (Å²) in [5, 5.41) is 49.9. The number of fused-ring (bicyclic) bond motifs is 1. The van der Waals surface area contributed by atoms with E-state index in [4.69, 9.17) is 28.7 Å². The number of nitrogens with two attached hydrogens (primary N) is 5. The van der Waals surface area contributed by atoms with Crippen molar-refractivity contribution in [2.24, 2.45) is 44.6 Å². The minimum Gasteiger partial charge on any atom is -0.480 e. The molecule has 23 N–H and O–H groups in total. The fourth-order valence-electron chi connectivity index (χ4n) is 13.2. The first kappa shape index (κ1) is 87.1. The predicted octanol–water partition coefficient (Wildman–Crippen LogP) is -5.08. The van der Waals surface area contributed by atoms with Gasteiger partial charge in [0.25, 0.3) is 0 Å². The lowest BCUT2D eigenvalue weighted by molar-refractivity contribution is -0.145. The van der Waals surface area contributed by atoms with E-state index in [1.807, 2.05) is 6.92 Å². The van der Waals surface area contributed by atoms with Gasteiger partial charge >= 0.3 is 5.97 Å². The van der Waals surface area contributed by atoms with Crippen LogP contribution in [-0.4, -0.2) is 243 Å². The molecule has 0 spiro atoms. The molecule has 38 nitrogen and oxygen atoms in total. The quantitative estimate of drug-likeness (QED) is 0.0133. The number of nitrogens with one attached hydrogen (secondary N) is 11. The number of aromatic nitrogens is 2. The molecule has 1 aromatic heterocycles. The molecule has 109 heavy (non-hydrogen) atoms. The average Bonchev–Trinajstić information content (AvgIpc) is 1.76. The number of hydrogen-bond donors (Lipinski definition) is 18. The van der Waals surface area contributed by atoms with Crippen molar-refractivity contribution in [1.82, 2.24) is 77.8 Å². The number of carbonyl (C=O) groups is 14. The Morgan fingerprint density at radius 3 is 1.86 bits per heavy atom. The molecule has 13 amide bonds. The molecule has 0 radical (unpaired) electrons. The summed E-state index contributed by atoms with van der Waals surface area (Å²) < 4.78 is 1.57. The van der Waals surface area contributed by atoms with E-state index in [-0.39, 0.29) is 159 Å². The summed E-state index contributed by atoms with van der Waals surface area (Å²) in [6.45, 7) is 4.20. The van der Waals surface area contributed by atoms with Crippen molar-refractivity contribution in [3.05, 3.63) is 66.3 Å². The third kappa shape index (κ3) is 28.1. The lowest BCUT2D eigenvalue weighted by atomic mass is 10.0. The molecule has 0 bridgehead atoms. The number of hydrogen-bond acceptors (Lipinski definition) is 19. The number of aliphatic imine (C=N–C) groups is 2. The van der Waals surface area contributed by atoms with Crippen molar-refractivity contribution in [3.8, 4) is 0 Å². The second-order valence-corrected chi connectivity index (χ2v) is 28.0.